The van der Waals surface area contributed by atoms with E-state index in [4.69, 9.17) is 63.7 Å². The first-order chi connectivity index (χ1) is 27.1. The van der Waals surface area contributed by atoms with Crippen LogP contribution in [0.15, 0.2) is 81.9 Å². The lowest BCUT2D eigenvalue weighted by atomic mass is 10.2. The molecule has 58 heavy (non-hydrogen) atoms. The molecule has 0 bridgehead atoms. The second-order valence-corrected chi connectivity index (χ2v) is 12.7. The van der Waals surface area contributed by atoms with Crippen molar-refractivity contribution in [2.24, 2.45) is 0 Å². The minimum atomic E-state index is -4.70. The molecule has 0 saturated heterocycles. The van der Waals surface area contributed by atoms with Crippen LogP contribution in [0.3, 0.4) is 0 Å². The number of oxazole rings is 2. The van der Waals surface area contributed by atoms with Gasteiger partial charge in [0.05, 0.1) is 26.5 Å². The lowest BCUT2D eigenvalue weighted by molar-refractivity contribution is -0.158. The van der Waals surface area contributed by atoms with Crippen LogP contribution < -0.4 is 11.1 Å². The molecule has 0 saturated carbocycles. The Morgan fingerprint density at radius 1 is 0.707 bits per heavy atom. The minimum Gasteiger partial charge on any atom is -0.438 e. The van der Waals surface area contributed by atoms with Crippen molar-refractivity contribution < 1.29 is 53.5 Å². The van der Waals surface area contributed by atoms with Crippen LogP contribution in [0.2, 0.25) is 10.0 Å². The van der Waals surface area contributed by atoms with Gasteiger partial charge in [-0.1, -0.05) is 35.3 Å². The van der Waals surface area contributed by atoms with E-state index in [1.807, 2.05) is 0 Å². The summed E-state index contributed by atoms with van der Waals surface area (Å²) in [5.74, 6) is -4.23. The zero-order valence-electron chi connectivity index (χ0n) is 29.0. The molecule has 6 aromatic rings. The Hall–Kier alpha value is -5.01. The fraction of sp³-hybridized carbons (Fsp3) is 0.143. The SMILES string of the molecule is Cc1oc(C(F)(F)F)nc1-c1ccc(N)nc1.Cc1oc(C(F)(F)F)nc1-c1ccc(NC(=O)c2cccc(F)c2Cl)nc1.ClCCl.O=C(Cl)c1cccc(F)c1Cl. The number of aryl methyl sites for hydroxylation is 2. The van der Waals surface area contributed by atoms with Gasteiger partial charge < -0.3 is 19.9 Å². The lowest BCUT2D eigenvalue weighted by Crippen LogP contribution is -2.13. The number of anilines is 2. The smallest absolute Gasteiger partial charge is 0.438 e. The molecular weight excluding hydrogens is 898 g/mol. The van der Waals surface area contributed by atoms with Gasteiger partial charge in [0, 0.05) is 23.5 Å². The largest absolute Gasteiger partial charge is 0.468 e. The van der Waals surface area contributed by atoms with E-state index in [0.717, 1.165) is 12.1 Å². The Kier molecular flexibility index (Phi) is 16.8. The third-order valence-corrected chi connectivity index (χ3v) is 7.75. The molecule has 0 radical (unpaired) electrons. The predicted octanol–water partition coefficient (Wildman–Crippen LogP) is 12.0. The summed E-state index contributed by atoms with van der Waals surface area (Å²) in [6.07, 6.45) is -6.72. The normalized spacial score (nSPS) is 10.9. The van der Waals surface area contributed by atoms with E-state index in [1.54, 1.807) is 0 Å². The van der Waals surface area contributed by atoms with E-state index in [1.165, 1.54) is 74.8 Å². The minimum absolute atomic E-state index is 0.00617. The summed E-state index contributed by atoms with van der Waals surface area (Å²) in [5, 5.41) is 1.31. The Morgan fingerprint density at radius 2 is 1.14 bits per heavy atom. The molecule has 23 heteroatoms. The molecule has 10 nitrogen and oxygen atoms in total. The van der Waals surface area contributed by atoms with Gasteiger partial charge >= 0.3 is 24.1 Å². The van der Waals surface area contributed by atoms with E-state index in [9.17, 15) is 44.7 Å². The van der Waals surface area contributed by atoms with E-state index in [0.29, 0.717) is 5.56 Å². The Balaban J connectivity index is 0.000000247. The van der Waals surface area contributed by atoms with Crippen molar-refractivity contribution in [2.45, 2.75) is 26.2 Å². The molecule has 0 atom stereocenters. The Labute approximate surface area is 347 Å². The highest BCUT2D eigenvalue weighted by molar-refractivity contribution is 6.68. The van der Waals surface area contributed by atoms with Gasteiger partial charge in [0.2, 0.25) is 0 Å². The topological polar surface area (TPSA) is 150 Å². The van der Waals surface area contributed by atoms with Crippen LogP contribution in [0.4, 0.5) is 46.8 Å². The third-order valence-electron chi connectivity index (χ3n) is 6.78. The van der Waals surface area contributed by atoms with Crippen molar-refractivity contribution in [3.8, 4) is 22.5 Å². The van der Waals surface area contributed by atoms with Crippen LogP contribution in [0.25, 0.3) is 22.5 Å². The highest BCUT2D eigenvalue weighted by atomic mass is 35.5. The molecule has 0 unspecified atom stereocenters. The number of amides is 1. The van der Waals surface area contributed by atoms with Crippen LogP contribution in [0.5, 0.6) is 0 Å². The maximum Gasteiger partial charge on any atom is 0.468 e. The summed E-state index contributed by atoms with van der Waals surface area (Å²) in [6, 6.07) is 13.5. The average Bonchev–Trinajstić information content (AvgIpc) is 3.75. The first kappa shape index (κ1) is 47.4. The number of halogens is 13. The number of nitrogens with zero attached hydrogens (tertiary/aromatic N) is 4. The number of alkyl halides is 8. The Morgan fingerprint density at radius 3 is 1.50 bits per heavy atom. The lowest BCUT2D eigenvalue weighted by Gasteiger charge is -2.07. The molecule has 2 aromatic carbocycles. The number of rotatable bonds is 5. The molecule has 0 aliphatic heterocycles. The van der Waals surface area contributed by atoms with Crippen LogP contribution in [-0.4, -0.2) is 36.4 Å². The van der Waals surface area contributed by atoms with Crippen LogP contribution in [0, 0.1) is 25.5 Å². The number of benzene rings is 2. The van der Waals surface area contributed by atoms with Crippen molar-refractivity contribution in [3.63, 3.8) is 0 Å². The van der Waals surface area contributed by atoms with E-state index < -0.39 is 46.9 Å². The van der Waals surface area contributed by atoms with Gasteiger partial charge in [-0.15, -0.1) is 23.2 Å². The summed E-state index contributed by atoms with van der Waals surface area (Å²) < 4.78 is 110. The van der Waals surface area contributed by atoms with E-state index in [2.05, 4.69) is 34.1 Å². The maximum atomic E-state index is 13.4. The zero-order chi connectivity index (χ0) is 43.5. The van der Waals surface area contributed by atoms with Crippen LogP contribution >= 0.6 is 58.0 Å². The van der Waals surface area contributed by atoms with Gasteiger partial charge in [0.15, 0.2) is 0 Å². The molecule has 4 heterocycles. The molecule has 6 rings (SSSR count). The summed E-state index contributed by atoms with van der Waals surface area (Å²) >= 11 is 25.8. The number of carbonyl (C=O) groups is 2. The number of aromatic nitrogens is 4. The maximum absolute atomic E-state index is 13.4. The molecule has 0 fully saturated rings. The Bertz CT molecular complexity index is 2340. The number of pyridine rings is 2. The first-order valence-electron chi connectivity index (χ1n) is 15.4. The van der Waals surface area contributed by atoms with Gasteiger partial charge in [-0.2, -0.15) is 26.3 Å². The fourth-order valence-corrected chi connectivity index (χ4v) is 4.87. The van der Waals surface area contributed by atoms with Crippen molar-refractivity contribution in [1.29, 1.82) is 0 Å². The van der Waals surface area contributed by atoms with Crippen LogP contribution in [-0.2, 0) is 12.4 Å². The predicted molar refractivity (Wildman–Crippen MR) is 201 cm³/mol. The number of hydrogen-bond acceptors (Lipinski definition) is 9. The van der Waals surface area contributed by atoms with Crippen LogP contribution in [0.1, 0.15) is 44.0 Å². The molecule has 308 valence electrons. The van der Waals surface area contributed by atoms with Gasteiger partial charge in [0.25, 0.3) is 11.1 Å². The van der Waals surface area contributed by atoms with Gasteiger partial charge in [-0.25, -0.2) is 28.7 Å². The molecule has 0 aliphatic carbocycles. The van der Waals surface area contributed by atoms with Crippen molar-refractivity contribution in [3.05, 3.63) is 129 Å². The number of carbonyl (C=O) groups excluding carboxylic acids is 2. The summed E-state index contributed by atoms with van der Waals surface area (Å²) in [6.45, 7) is 2.76. The fourth-order valence-electron chi connectivity index (χ4n) is 4.24. The second-order valence-electron chi connectivity index (χ2n) is 10.8. The number of nitrogens with two attached hydrogens (primary N) is 1. The number of nitrogens with one attached hydrogen (secondary N) is 1. The van der Waals surface area contributed by atoms with Crippen molar-refractivity contribution in [1.82, 2.24) is 19.9 Å². The number of hydrogen-bond donors (Lipinski definition) is 2. The van der Waals surface area contributed by atoms with E-state index >= 15 is 0 Å². The summed E-state index contributed by atoms with van der Waals surface area (Å²) in [4.78, 5) is 37.3. The van der Waals surface area contributed by atoms with Gasteiger partial charge in [-0.05, 0) is 74.0 Å². The number of nitrogen functional groups attached to an aromatic ring is 1. The standard InChI is InChI=1S/C17H10ClF4N3O2.C10H8F3N3O.C7H3Cl2FO.CH2Cl2/c1-8-14(25-16(27-8)17(20,21)22)9-5-6-12(23-7-9)24-15(26)10-3-2-4-11(19)13(10)18;1-5-8(6-2-3-7(14)15-4-6)16-9(17-5)10(11,12)13;8-6-4(7(9)11)2-1-3-5(6)10;2-1-3/h2-7H,1H3,(H,23,24,26);2-4H,1H3,(H2,14,15);1-3H;1H2. The summed E-state index contributed by atoms with van der Waals surface area (Å²) in [5.41, 5.74) is 6.10. The molecule has 4 aromatic heterocycles. The first-order valence-corrected chi connectivity index (χ1v) is 17.6. The third kappa shape index (κ3) is 13.0. The van der Waals surface area contributed by atoms with Gasteiger partial charge in [-0.3, -0.25) is 9.59 Å². The highest BCUT2D eigenvalue weighted by Crippen LogP contribution is 2.34. The van der Waals surface area contributed by atoms with Crippen molar-refractivity contribution in [2.75, 3.05) is 16.4 Å². The summed E-state index contributed by atoms with van der Waals surface area (Å²) in [7, 11) is 0. The molecule has 1 amide bonds. The molecule has 3 N–H and O–H groups in total. The van der Waals surface area contributed by atoms with E-state index in [-0.39, 0.29) is 66.6 Å². The van der Waals surface area contributed by atoms with Crippen molar-refractivity contribution >= 4 is 80.8 Å². The molecule has 0 spiro atoms. The monoisotopic (exact) mass is 918 g/mol. The second kappa shape index (κ2) is 20.6. The molecular formula is C35H23Cl5F8N6O4. The zero-order valence-corrected chi connectivity index (χ0v) is 32.8. The average molecular weight is 921 g/mol. The quantitative estimate of drug-likeness (QED) is 0.0978. The highest BCUT2D eigenvalue weighted by Gasteiger charge is 2.39. The molecule has 0 aliphatic rings. The van der Waals surface area contributed by atoms with Gasteiger partial charge in [0.1, 0.15) is 46.2 Å².